The summed E-state index contributed by atoms with van der Waals surface area (Å²) in [5.41, 5.74) is -0.140. The zero-order chi connectivity index (χ0) is 23.0. The molecule has 0 fully saturated rings. The maximum Gasteiger partial charge on any atom is 0.426 e. The Balaban J connectivity index is 1.97. The Labute approximate surface area is 180 Å². The van der Waals surface area contributed by atoms with Crippen LogP contribution in [0, 0.1) is 11.6 Å². The molecule has 0 bridgehead atoms. The molecule has 0 amide bonds. The van der Waals surface area contributed by atoms with Gasteiger partial charge in [0.15, 0.2) is 11.5 Å². The van der Waals surface area contributed by atoms with E-state index in [1.165, 1.54) is 57.7 Å². The lowest BCUT2D eigenvalue weighted by atomic mass is 10.0. The molecule has 0 radical (unpaired) electrons. The molecular weight excluding hydrogens is 424 g/mol. The third-order valence-corrected chi connectivity index (χ3v) is 4.94. The van der Waals surface area contributed by atoms with Gasteiger partial charge in [-0.25, -0.2) is 18.1 Å². The van der Waals surface area contributed by atoms with Crippen molar-refractivity contribution in [1.82, 2.24) is 4.57 Å². The average Bonchev–Trinajstić information content (AvgIpc) is 2.78. The molecule has 32 heavy (non-hydrogen) atoms. The molecule has 0 aliphatic rings. The van der Waals surface area contributed by atoms with Crippen LogP contribution in [-0.2, 0) is 0 Å². The number of methoxy groups -OCH3 is 3. The first-order chi connectivity index (χ1) is 15.4. The largest absolute Gasteiger partial charge is 0.493 e. The molecule has 164 valence electrons. The normalized spacial score (nSPS) is 10.9. The van der Waals surface area contributed by atoms with E-state index in [0.717, 1.165) is 16.7 Å². The number of halogens is 2. The SMILES string of the molecule is COc1cc(-n2c(=O)oc3ccc(-c4ccc(F)cc4F)cc3c2=O)cc(OC)c1OC. The van der Waals surface area contributed by atoms with Gasteiger partial charge in [0, 0.05) is 23.8 Å². The predicted molar refractivity (Wildman–Crippen MR) is 113 cm³/mol. The van der Waals surface area contributed by atoms with Crippen LogP contribution in [-0.4, -0.2) is 25.9 Å². The Hall–Kier alpha value is -4.14. The summed E-state index contributed by atoms with van der Waals surface area (Å²) in [6.45, 7) is 0. The minimum absolute atomic E-state index is 0.0231. The van der Waals surface area contributed by atoms with Gasteiger partial charge in [-0.3, -0.25) is 4.79 Å². The van der Waals surface area contributed by atoms with Crippen LogP contribution in [0.25, 0.3) is 27.8 Å². The molecule has 0 unspecified atom stereocenters. The van der Waals surface area contributed by atoms with Crippen molar-refractivity contribution in [2.24, 2.45) is 0 Å². The first-order valence-corrected chi connectivity index (χ1v) is 9.33. The lowest BCUT2D eigenvalue weighted by Crippen LogP contribution is -2.31. The first kappa shape index (κ1) is 21.1. The molecule has 4 aromatic rings. The molecule has 0 atom stereocenters. The fourth-order valence-electron chi connectivity index (χ4n) is 3.44. The van der Waals surface area contributed by atoms with Crippen molar-refractivity contribution < 1.29 is 27.4 Å². The molecule has 1 heterocycles. The summed E-state index contributed by atoms with van der Waals surface area (Å²) in [5.74, 6) is -1.69. The van der Waals surface area contributed by atoms with Crippen molar-refractivity contribution in [2.45, 2.75) is 0 Å². The van der Waals surface area contributed by atoms with Crippen LogP contribution >= 0.6 is 0 Å². The van der Waals surface area contributed by atoms with Crippen LogP contribution in [0.1, 0.15) is 0 Å². The number of rotatable bonds is 5. The Morgan fingerprint density at radius 2 is 1.53 bits per heavy atom. The second kappa shape index (κ2) is 8.18. The minimum atomic E-state index is -0.933. The molecule has 0 spiro atoms. The van der Waals surface area contributed by atoms with E-state index < -0.39 is 22.9 Å². The van der Waals surface area contributed by atoms with E-state index in [1.807, 2.05) is 0 Å². The second-order valence-electron chi connectivity index (χ2n) is 6.73. The van der Waals surface area contributed by atoms with Crippen LogP contribution in [0.2, 0.25) is 0 Å². The Morgan fingerprint density at radius 1 is 0.844 bits per heavy atom. The lowest BCUT2D eigenvalue weighted by Gasteiger charge is -2.14. The number of benzene rings is 3. The number of hydrogen-bond donors (Lipinski definition) is 0. The van der Waals surface area contributed by atoms with Gasteiger partial charge in [0.1, 0.15) is 17.2 Å². The standard InChI is InChI=1S/C23H17F2NO6/c1-29-19-10-14(11-20(30-2)21(19)31-3)26-22(27)16-8-12(4-7-18(16)32-23(26)28)15-6-5-13(24)9-17(15)25/h4-11H,1-3H3. The van der Waals surface area contributed by atoms with Crippen molar-refractivity contribution in [3.8, 4) is 34.1 Å². The van der Waals surface area contributed by atoms with Gasteiger partial charge in [-0.2, -0.15) is 0 Å². The van der Waals surface area contributed by atoms with Crippen molar-refractivity contribution in [2.75, 3.05) is 21.3 Å². The molecule has 0 saturated carbocycles. The topological polar surface area (TPSA) is 79.9 Å². The summed E-state index contributed by atoms with van der Waals surface area (Å²) in [7, 11) is 4.22. The summed E-state index contributed by atoms with van der Waals surface area (Å²) >= 11 is 0. The van der Waals surface area contributed by atoms with Gasteiger partial charge in [-0.05, 0) is 29.8 Å². The van der Waals surface area contributed by atoms with Crippen LogP contribution in [0.5, 0.6) is 17.2 Å². The van der Waals surface area contributed by atoms with Crippen LogP contribution in [0.15, 0.2) is 62.5 Å². The highest BCUT2D eigenvalue weighted by Crippen LogP contribution is 2.39. The molecule has 0 aliphatic carbocycles. The maximum absolute atomic E-state index is 14.2. The van der Waals surface area contributed by atoms with Crippen LogP contribution in [0.4, 0.5) is 8.78 Å². The maximum atomic E-state index is 14.2. The summed E-state index contributed by atoms with van der Waals surface area (Å²) in [6.07, 6.45) is 0. The van der Waals surface area contributed by atoms with Crippen molar-refractivity contribution >= 4 is 11.0 Å². The van der Waals surface area contributed by atoms with E-state index in [4.69, 9.17) is 18.6 Å². The monoisotopic (exact) mass is 441 g/mol. The predicted octanol–water partition coefficient (Wildman–Crippen LogP) is 3.91. The highest BCUT2D eigenvalue weighted by molar-refractivity contribution is 5.82. The molecule has 0 saturated heterocycles. The minimum Gasteiger partial charge on any atom is -0.493 e. The Kier molecular flexibility index (Phi) is 5.40. The number of fused-ring (bicyclic) bond motifs is 1. The van der Waals surface area contributed by atoms with Crippen molar-refractivity contribution in [1.29, 1.82) is 0 Å². The Bertz CT molecular complexity index is 1430. The number of nitrogens with zero attached hydrogens (tertiary/aromatic N) is 1. The fourth-order valence-corrected chi connectivity index (χ4v) is 3.44. The van der Waals surface area contributed by atoms with Gasteiger partial charge in [0.2, 0.25) is 5.75 Å². The van der Waals surface area contributed by atoms with Crippen molar-refractivity contribution in [3.05, 3.63) is 81.1 Å². The molecule has 3 aromatic carbocycles. The lowest BCUT2D eigenvalue weighted by molar-refractivity contribution is 0.324. The molecule has 0 N–H and O–H groups in total. The number of aromatic nitrogens is 1. The van der Waals surface area contributed by atoms with Crippen LogP contribution in [0.3, 0.4) is 0 Å². The molecule has 9 heteroatoms. The van der Waals surface area contributed by atoms with E-state index in [-0.39, 0.29) is 39.5 Å². The van der Waals surface area contributed by atoms with Gasteiger partial charge >= 0.3 is 5.76 Å². The molecule has 1 aromatic heterocycles. The highest BCUT2D eigenvalue weighted by atomic mass is 19.1. The van der Waals surface area contributed by atoms with E-state index in [9.17, 15) is 18.4 Å². The third-order valence-electron chi connectivity index (χ3n) is 4.94. The quantitative estimate of drug-likeness (QED) is 0.467. The molecule has 4 rings (SSSR count). The Morgan fingerprint density at radius 3 is 2.12 bits per heavy atom. The van der Waals surface area contributed by atoms with Crippen LogP contribution < -0.4 is 25.5 Å². The molecule has 7 nitrogen and oxygen atoms in total. The molecule has 0 aliphatic heterocycles. The van der Waals surface area contributed by atoms with Gasteiger partial charge in [-0.15, -0.1) is 0 Å². The van der Waals surface area contributed by atoms with Gasteiger partial charge < -0.3 is 18.6 Å². The van der Waals surface area contributed by atoms with Gasteiger partial charge in [0.25, 0.3) is 5.56 Å². The summed E-state index contributed by atoms with van der Waals surface area (Å²) < 4.78 is 49.5. The van der Waals surface area contributed by atoms with Gasteiger partial charge in [-0.1, -0.05) is 6.07 Å². The number of ether oxygens (including phenoxy) is 3. The number of hydrogen-bond acceptors (Lipinski definition) is 6. The van der Waals surface area contributed by atoms with E-state index in [0.29, 0.717) is 5.56 Å². The summed E-state index contributed by atoms with van der Waals surface area (Å²) in [4.78, 5) is 25.9. The van der Waals surface area contributed by atoms with E-state index in [1.54, 1.807) is 0 Å². The zero-order valence-electron chi connectivity index (χ0n) is 17.3. The second-order valence-corrected chi connectivity index (χ2v) is 6.73. The summed E-state index contributed by atoms with van der Waals surface area (Å²) in [5, 5.41) is 0.0274. The zero-order valence-corrected chi connectivity index (χ0v) is 17.3. The highest BCUT2D eigenvalue weighted by Gasteiger charge is 2.19. The first-order valence-electron chi connectivity index (χ1n) is 9.33. The van der Waals surface area contributed by atoms with E-state index in [2.05, 4.69) is 0 Å². The van der Waals surface area contributed by atoms with E-state index >= 15 is 0 Å². The van der Waals surface area contributed by atoms with Crippen molar-refractivity contribution in [3.63, 3.8) is 0 Å². The molecular formula is C23H17F2NO6. The third kappa shape index (κ3) is 3.47. The average molecular weight is 441 g/mol. The fraction of sp³-hybridized carbons (Fsp3) is 0.130. The smallest absolute Gasteiger partial charge is 0.426 e. The van der Waals surface area contributed by atoms with Gasteiger partial charge in [0.05, 0.1) is 32.4 Å². The summed E-state index contributed by atoms with van der Waals surface area (Å²) in [6, 6.07) is 10.2.